The fourth-order valence-corrected chi connectivity index (χ4v) is 3.59. The maximum absolute atomic E-state index is 11.7. The molecule has 8 nitrogen and oxygen atoms in total. The lowest BCUT2D eigenvalue weighted by Crippen LogP contribution is -2.53. The molecule has 2 saturated heterocycles. The molecule has 1 aromatic carbocycles. The van der Waals surface area contributed by atoms with E-state index in [4.69, 9.17) is 19.2 Å². The minimum absolute atomic E-state index is 0. The van der Waals surface area contributed by atoms with Gasteiger partial charge in [0.15, 0.2) is 12.6 Å². The second kappa shape index (κ2) is 13.1. The fraction of sp³-hybridized carbons (Fsp3) is 0.636. The number of aliphatic imine (C=N–C) groups is 1. The molecule has 0 saturated carbocycles. The van der Waals surface area contributed by atoms with E-state index in [9.17, 15) is 4.79 Å². The summed E-state index contributed by atoms with van der Waals surface area (Å²) in [7, 11) is 3.43. The summed E-state index contributed by atoms with van der Waals surface area (Å²) in [5.41, 5.74) is 1.03. The van der Waals surface area contributed by atoms with Crippen LogP contribution in [0.15, 0.2) is 29.3 Å². The average Bonchev–Trinajstić information content (AvgIpc) is 3.30. The molecule has 2 heterocycles. The summed E-state index contributed by atoms with van der Waals surface area (Å²) in [6, 6.07) is 7.73. The van der Waals surface area contributed by atoms with Crippen molar-refractivity contribution in [3.05, 3.63) is 29.8 Å². The van der Waals surface area contributed by atoms with Gasteiger partial charge in [0.1, 0.15) is 11.9 Å². The molecule has 2 fully saturated rings. The quantitative estimate of drug-likeness (QED) is 0.321. The van der Waals surface area contributed by atoms with Crippen LogP contribution in [-0.4, -0.2) is 87.4 Å². The van der Waals surface area contributed by atoms with Gasteiger partial charge >= 0.3 is 0 Å². The maximum Gasteiger partial charge on any atom is 0.259 e. The number of carbonyl (C=O) groups excluding carboxylic acids is 1. The van der Waals surface area contributed by atoms with Crippen LogP contribution >= 0.6 is 24.0 Å². The highest BCUT2D eigenvalue weighted by atomic mass is 127. The lowest BCUT2D eigenvalue weighted by molar-refractivity contribution is -0.130. The summed E-state index contributed by atoms with van der Waals surface area (Å²) in [6.07, 6.45) is 2.46. The van der Waals surface area contributed by atoms with Crippen molar-refractivity contribution in [3.63, 3.8) is 0 Å². The van der Waals surface area contributed by atoms with Crippen molar-refractivity contribution in [3.8, 4) is 5.75 Å². The third-order valence-corrected chi connectivity index (χ3v) is 5.28. The van der Waals surface area contributed by atoms with Crippen LogP contribution in [0, 0.1) is 0 Å². The van der Waals surface area contributed by atoms with E-state index in [-0.39, 0.29) is 48.7 Å². The first-order chi connectivity index (χ1) is 14.6. The Morgan fingerprint density at radius 3 is 2.81 bits per heavy atom. The summed E-state index contributed by atoms with van der Waals surface area (Å²) in [5.74, 6) is 1.49. The fourth-order valence-electron chi connectivity index (χ4n) is 3.59. The Kier molecular flexibility index (Phi) is 10.8. The number of halogens is 1. The summed E-state index contributed by atoms with van der Waals surface area (Å²) in [5, 5.41) is 3.40. The van der Waals surface area contributed by atoms with Crippen LogP contribution in [0.3, 0.4) is 0 Å². The number of guanidine groups is 1. The minimum Gasteiger partial charge on any atom is -0.484 e. The largest absolute Gasteiger partial charge is 0.484 e. The number of nitrogens with one attached hydrogen (secondary N) is 1. The van der Waals surface area contributed by atoms with E-state index >= 15 is 0 Å². The van der Waals surface area contributed by atoms with Crippen molar-refractivity contribution in [1.82, 2.24) is 15.1 Å². The SMILES string of the molecule is CCNC(=NCc1cccc(OCC(=O)N(C)C)c1)N1CCOC(C2CCCO2)C1.I. The second-order valence-corrected chi connectivity index (χ2v) is 7.80. The number of hydrogen-bond acceptors (Lipinski definition) is 5. The first kappa shape index (κ1) is 25.7. The van der Waals surface area contributed by atoms with Crippen molar-refractivity contribution in [2.75, 3.05) is 53.6 Å². The van der Waals surface area contributed by atoms with E-state index in [2.05, 4.69) is 17.1 Å². The number of carbonyl (C=O) groups is 1. The Hall–Kier alpha value is -1.59. The lowest BCUT2D eigenvalue weighted by atomic mass is 10.1. The molecule has 0 radical (unpaired) electrons. The molecule has 0 bridgehead atoms. The molecular weight excluding hydrogens is 511 g/mol. The van der Waals surface area contributed by atoms with Crippen molar-refractivity contribution in [2.45, 2.75) is 38.5 Å². The third-order valence-electron chi connectivity index (χ3n) is 5.28. The summed E-state index contributed by atoms with van der Waals surface area (Å²) in [6.45, 7) is 6.54. The molecule has 1 amide bonds. The Bertz CT molecular complexity index is 725. The molecule has 174 valence electrons. The standard InChI is InChI=1S/C22H34N4O4.HI/c1-4-23-22(26-10-12-29-20(15-26)19-9-6-11-28-19)24-14-17-7-5-8-18(13-17)30-16-21(27)25(2)3;/h5,7-8,13,19-20H,4,6,9-12,14-16H2,1-3H3,(H,23,24);1H. The van der Waals surface area contributed by atoms with Crippen LogP contribution in [0.4, 0.5) is 0 Å². The molecule has 0 spiro atoms. The van der Waals surface area contributed by atoms with E-state index in [0.717, 1.165) is 50.6 Å². The van der Waals surface area contributed by atoms with Crippen LogP contribution < -0.4 is 10.1 Å². The van der Waals surface area contributed by atoms with Gasteiger partial charge in [0.2, 0.25) is 0 Å². The Labute approximate surface area is 202 Å². The van der Waals surface area contributed by atoms with Crippen LogP contribution in [0.5, 0.6) is 5.75 Å². The number of benzene rings is 1. The Morgan fingerprint density at radius 2 is 2.10 bits per heavy atom. The van der Waals surface area contributed by atoms with Gasteiger partial charge in [-0.3, -0.25) is 4.79 Å². The van der Waals surface area contributed by atoms with Crippen molar-refractivity contribution in [2.24, 2.45) is 4.99 Å². The van der Waals surface area contributed by atoms with E-state index in [0.29, 0.717) is 18.9 Å². The summed E-state index contributed by atoms with van der Waals surface area (Å²) >= 11 is 0. The molecule has 1 N–H and O–H groups in total. The van der Waals surface area contributed by atoms with Gasteiger partial charge in [0, 0.05) is 40.3 Å². The highest BCUT2D eigenvalue weighted by molar-refractivity contribution is 14.0. The summed E-state index contributed by atoms with van der Waals surface area (Å²) < 4.78 is 17.4. The minimum atomic E-state index is -0.0685. The van der Waals surface area contributed by atoms with Gasteiger partial charge in [-0.05, 0) is 37.5 Å². The average molecular weight is 546 g/mol. The number of likely N-dealkylation sites (N-methyl/N-ethyl adjacent to an activating group) is 1. The summed E-state index contributed by atoms with van der Waals surface area (Å²) in [4.78, 5) is 20.3. The van der Waals surface area contributed by atoms with Gasteiger partial charge in [-0.15, -0.1) is 24.0 Å². The lowest BCUT2D eigenvalue weighted by Gasteiger charge is -2.37. The molecule has 9 heteroatoms. The van der Waals surface area contributed by atoms with E-state index in [1.54, 1.807) is 14.1 Å². The van der Waals surface area contributed by atoms with E-state index in [1.165, 1.54) is 4.90 Å². The molecule has 1 aromatic rings. The van der Waals surface area contributed by atoms with E-state index in [1.807, 2.05) is 24.3 Å². The van der Waals surface area contributed by atoms with Crippen molar-refractivity contribution < 1.29 is 19.0 Å². The molecule has 0 aliphatic carbocycles. The zero-order valence-corrected chi connectivity index (χ0v) is 21.0. The van der Waals surface area contributed by atoms with Crippen LogP contribution in [0.2, 0.25) is 0 Å². The maximum atomic E-state index is 11.7. The molecule has 2 aliphatic heterocycles. The third kappa shape index (κ3) is 7.80. The molecule has 0 aromatic heterocycles. The van der Waals surface area contributed by atoms with Crippen LogP contribution in [0.1, 0.15) is 25.3 Å². The predicted molar refractivity (Wildman–Crippen MR) is 131 cm³/mol. The van der Waals surface area contributed by atoms with Gasteiger partial charge in [0.25, 0.3) is 5.91 Å². The van der Waals surface area contributed by atoms with Crippen LogP contribution in [0.25, 0.3) is 0 Å². The molecular formula is C22H35IN4O4. The Balaban J connectivity index is 0.00000341. The van der Waals surface area contributed by atoms with Crippen LogP contribution in [-0.2, 0) is 20.8 Å². The molecule has 2 unspecified atom stereocenters. The molecule has 3 rings (SSSR count). The second-order valence-electron chi connectivity index (χ2n) is 7.80. The first-order valence-corrected chi connectivity index (χ1v) is 10.7. The van der Waals surface area contributed by atoms with Gasteiger partial charge < -0.3 is 29.3 Å². The number of amides is 1. The normalized spacial score (nSPS) is 21.4. The number of rotatable bonds is 7. The number of hydrogen-bond donors (Lipinski definition) is 1. The highest BCUT2D eigenvalue weighted by Crippen LogP contribution is 2.21. The zero-order chi connectivity index (χ0) is 21.3. The number of ether oxygens (including phenoxy) is 3. The van der Waals surface area contributed by atoms with Gasteiger partial charge in [-0.25, -0.2) is 4.99 Å². The molecule has 2 aliphatic rings. The molecule has 31 heavy (non-hydrogen) atoms. The topological polar surface area (TPSA) is 75.6 Å². The zero-order valence-electron chi connectivity index (χ0n) is 18.7. The molecule has 2 atom stereocenters. The van der Waals surface area contributed by atoms with Gasteiger partial charge in [-0.1, -0.05) is 12.1 Å². The smallest absolute Gasteiger partial charge is 0.259 e. The van der Waals surface area contributed by atoms with Crippen molar-refractivity contribution >= 4 is 35.8 Å². The predicted octanol–water partition coefficient (Wildman–Crippen LogP) is 2.12. The van der Waals surface area contributed by atoms with Crippen molar-refractivity contribution in [1.29, 1.82) is 0 Å². The van der Waals surface area contributed by atoms with E-state index < -0.39 is 0 Å². The monoisotopic (exact) mass is 546 g/mol. The number of morpholine rings is 1. The van der Waals surface area contributed by atoms with Gasteiger partial charge in [0.05, 0.1) is 19.3 Å². The number of nitrogens with zero attached hydrogens (tertiary/aromatic N) is 3. The first-order valence-electron chi connectivity index (χ1n) is 10.7. The highest BCUT2D eigenvalue weighted by Gasteiger charge is 2.32. The Morgan fingerprint density at radius 1 is 1.29 bits per heavy atom. The van der Waals surface area contributed by atoms with Gasteiger partial charge in [-0.2, -0.15) is 0 Å².